The molecule has 140 valence electrons. The van der Waals surface area contributed by atoms with E-state index in [1.807, 2.05) is 7.05 Å². The number of aryl methyl sites for hydroxylation is 1. The maximum atomic E-state index is 4.75. The van der Waals surface area contributed by atoms with Crippen LogP contribution in [-0.2, 0) is 20.1 Å². The van der Waals surface area contributed by atoms with Gasteiger partial charge in [-0.3, -0.25) is 4.90 Å². The van der Waals surface area contributed by atoms with E-state index in [-0.39, 0.29) is 0 Å². The molecule has 1 aromatic carbocycles. The van der Waals surface area contributed by atoms with Crippen LogP contribution in [0.5, 0.6) is 0 Å². The van der Waals surface area contributed by atoms with Crippen LogP contribution in [-0.4, -0.2) is 41.1 Å². The van der Waals surface area contributed by atoms with Crippen molar-refractivity contribution in [2.45, 2.75) is 38.9 Å². The van der Waals surface area contributed by atoms with Crippen molar-refractivity contribution in [2.75, 3.05) is 19.6 Å². The number of guanidine groups is 1. The first-order valence-electron chi connectivity index (χ1n) is 9.65. The first-order chi connectivity index (χ1) is 12.7. The van der Waals surface area contributed by atoms with Crippen LogP contribution in [0.15, 0.2) is 53.8 Å². The lowest BCUT2D eigenvalue weighted by Crippen LogP contribution is -2.48. The van der Waals surface area contributed by atoms with Crippen molar-refractivity contribution in [3.05, 3.63) is 59.9 Å². The molecule has 0 aliphatic carbocycles. The summed E-state index contributed by atoms with van der Waals surface area (Å²) in [4.78, 5) is 7.29. The molecule has 3 rings (SSSR count). The Labute approximate surface area is 157 Å². The molecule has 5 heteroatoms. The molecule has 0 spiro atoms. The second-order valence-corrected chi connectivity index (χ2v) is 7.06. The fraction of sp³-hybridized carbons (Fsp3) is 0.476. The Kier molecular flexibility index (Phi) is 6.72. The number of rotatable bonds is 6. The quantitative estimate of drug-likeness (QED) is 0.620. The van der Waals surface area contributed by atoms with Gasteiger partial charge >= 0.3 is 0 Å². The summed E-state index contributed by atoms with van der Waals surface area (Å²) in [5.74, 6) is 0.929. The fourth-order valence-electron chi connectivity index (χ4n) is 3.42. The number of likely N-dealkylation sites (tertiary alicyclic amines) is 1. The molecule has 1 aliphatic rings. The van der Waals surface area contributed by atoms with E-state index >= 15 is 0 Å². The molecule has 5 nitrogen and oxygen atoms in total. The topological polar surface area (TPSA) is 44.6 Å². The summed E-state index contributed by atoms with van der Waals surface area (Å²) in [6.07, 6.45) is 6.49. The molecule has 2 aromatic rings. The van der Waals surface area contributed by atoms with Gasteiger partial charge in [-0.15, -0.1) is 0 Å². The van der Waals surface area contributed by atoms with Crippen molar-refractivity contribution in [2.24, 2.45) is 12.0 Å². The van der Waals surface area contributed by atoms with E-state index in [0.29, 0.717) is 12.6 Å². The molecule has 0 bridgehead atoms. The molecule has 0 unspecified atom stereocenters. The van der Waals surface area contributed by atoms with Crippen LogP contribution in [0.3, 0.4) is 0 Å². The maximum absolute atomic E-state index is 4.75. The third-order valence-corrected chi connectivity index (χ3v) is 4.83. The molecule has 1 saturated heterocycles. The van der Waals surface area contributed by atoms with E-state index in [1.165, 1.54) is 11.1 Å². The van der Waals surface area contributed by atoms with Crippen LogP contribution in [0, 0.1) is 0 Å². The average Bonchev–Trinajstić information content (AvgIpc) is 3.08. The normalized spacial score (nSPS) is 16.6. The minimum atomic E-state index is 0.496. The van der Waals surface area contributed by atoms with Crippen LogP contribution in [0.2, 0.25) is 0 Å². The van der Waals surface area contributed by atoms with Gasteiger partial charge in [-0.2, -0.15) is 0 Å². The smallest absolute Gasteiger partial charge is 0.191 e. The molecule has 2 N–H and O–H groups in total. The number of hydrogen-bond acceptors (Lipinski definition) is 2. The Bertz CT molecular complexity index is 683. The summed E-state index contributed by atoms with van der Waals surface area (Å²) in [5, 5.41) is 7.00. The van der Waals surface area contributed by atoms with Crippen molar-refractivity contribution < 1.29 is 0 Å². The molecule has 1 aromatic heterocycles. The molecular weight excluding hydrogens is 322 g/mol. The number of benzene rings is 1. The number of nitrogens with zero attached hydrogens (tertiary/aromatic N) is 3. The van der Waals surface area contributed by atoms with E-state index in [1.54, 1.807) is 0 Å². The Balaban J connectivity index is 1.47. The average molecular weight is 354 g/mol. The zero-order valence-corrected chi connectivity index (χ0v) is 16.0. The summed E-state index contributed by atoms with van der Waals surface area (Å²) in [5.41, 5.74) is 2.64. The van der Waals surface area contributed by atoms with Gasteiger partial charge < -0.3 is 15.2 Å². The van der Waals surface area contributed by atoms with E-state index in [0.717, 1.165) is 45.0 Å². The van der Waals surface area contributed by atoms with Crippen LogP contribution < -0.4 is 10.6 Å². The first-order valence-corrected chi connectivity index (χ1v) is 9.65. The van der Waals surface area contributed by atoms with Gasteiger partial charge in [0, 0.05) is 51.7 Å². The van der Waals surface area contributed by atoms with Gasteiger partial charge in [0.1, 0.15) is 0 Å². The zero-order valence-electron chi connectivity index (χ0n) is 16.0. The lowest BCUT2D eigenvalue weighted by molar-refractivity contribution is 0.198. The Hall–Kier alpha value is -2.27. The Morgan fingerprint density at radius 2 is 1.88 bits per heavy atom. The van der Waals surface area contributed by atoms with Gasteiger partial charge in [-0.25, -0.2) is 4.99 Å². The minimum absolute atomic E-state index is 0.496. The van der Waals surface area contributed by atoms with Crippen LogP contribution in [0.1, 0.15) is 30.9 Å². The molecule has 0 amide bonds. The molecule has 1 fully saturated rings. The number of hydrogen-bond donors (Lipinski definition) is 2. The third-order valence-electron chi connectivity index (χ3n) is 4.83. The van der Waals surface area contributed by atoms with Gasteiger partial charge in [0.05, 0.1) is 6.54 Å². The van der Waals surface area contributed by atoms with Crippen LogP contribution in [0.25, 0.3) is 0 Å². The highest BCUT2D eigenvalue weighted by Gasteiger charge is 2.20. The van der Waals surface area contributed by atoms with E-state index in [2.05, 4.69) is 75.8 Å². The van der Waals surface area contributed by atoms with Crippen molar-refractivity contribution in [1.29, 1.82) is 0 Å². The summed E-state index contributed by atoms with van der Waals surface area (Å²) >= 11 is 0. The standard InChI is InChI=1S/C21H31N5/c1-3-22-21(23-15-19-9-12-25(2)16-19)24-20-10-13-26(14-11-20)17-18-7-5-4-6-8-18/h4-9,12,16,20H,3,10-11,13-15,17H2,1-2H3,(H2,22,23,24). The van der Waals surface area contributed by atoms with Gasteiger partial charge in [-0.05, 0) is 37.0 Å². The molecule has 0 radical (unpaired) electrons. The molecule has 1 aliphatic heterocycles. The number of aromatic nitrogens is 1. The second-order valence-electron chi connectivity index (χ2n) is 7.06. The van der Waals surface area contributed by atoms with Crippen LogP contribution >= 0.6 is 0 Å². The fourth-order valence-corrected chi connectivity index (χ4v) is 3.42. The van der Waals surface area contributed by atoms with E-state index < -0.39 is 0 Å². The van der Waals surface area contributed by atoms with Crippen molar-refractivity contribution >= 4 is 5.96 Å². The predicted molar refractivity (Wildman–Crippen MR) is 108 cm³/mol. The highest BCUT2D eigenvalue weighted by Crippen LogP contribution is 2.14. The lowest BCUT2D eigenvalue weighted by atomic mass is 10.0. The monoisotopic (exact) mass is 353 g/mol. The molecule has 0 atom stereocenters. The summed E-state index contributed by atoms with van der Waals surface area (Å²) in [6.45, 7) is 7.02. The number of aliphatic imine (C=N–C) groups is 1. The van der Waals surface area contributed by atoms with E-state index in [4.69, 9.17) is 4.99 Å². The zero-order chi connectivity index (χ0) is 18.2. The predicted octanol–water partition coefficient (Wildman–Crippen LogP) is 2.74. The molecule has 0 saturated carbocycles. The van der Waals surface area contributed by atoms with Crippen molar-refractivity contribution in [1.82, 2.24) is 20.1 Å². The highest BCUT2D eigenvalue weighted by molar-refractivity contribution is 5.80. The van der Waals surface area contributed by atoms with Crippen LogP contribution in [0.4, 0.5) is 0 Å². The minimum Gasteiger partial charge on any atom is -0.357 e. The maximum Gasteiger partial charge on any atom is 0.191 e. The highest BCUT2D eigenvalue weighted by atomic mass is 15.2. The van der Waals surface area contributed by atoms with Gasteiger partial charge in [0.15, 0.2) is 5.96 Å². The van der Waals surface area contributed by atoms with Gasteiger partial charge in [0.25, 0.3) is 0 Å². The largest absolute Gasteiger partial charge is 0.357 e. The summed E-state index contributed by atoms with van der Waals surface area (Å²) < 4.78 is 2.06. The molecule has 2 heterocycles. The van der Waals surface area contributed by atoms with E-state index in [9.17, 15) is 0 Å². The number of piperidine rings is 1. The second kappa shape index (κ2) is 9.43. The first kappa shape index (κ1) is 18.5. The Morgan fingerprint density at radius 1 is 1.12 bits per heavy atom. The van der Waals surface area contributed by atoms with Crippen molar-refractivity contribution in [3.8, 4) is 0 Å². The lowest BCUT2D eigenvalue weighted by Gasteiger charge is -2.33. The van der Waals surface area contributed by atoms with Gasteiger partial charge in [-0.1, -0.05) is 30.3 Å². The third kappa shape index (κ3) is 5.63. The van der Waals surface area contributed by atoms with Crippen molar-refractivity contribution in [3.63, 3.8) is 0 Å². The number of nitrogens with one attached hydrogen (secondary N) is 2. The molecular formula is C21H31N5. The summed E-state index contributed by atoms with van der Waals surface area (Å²) in [6, 6.07) is 13.4. The summed E-state index contributed by atoms with van der Waals surface area (Å²) in [7, 11) is 2.04. The Morgan fingerprint density at radius 3 is 2.54 bits per heavy atom. The SMILES string of the molecule is CCNC(=NCc1ccn(C)c1)NC1CCN(Cc2ccccc2)CC1. The molecule has 26 heavy (non-hydrogen) atoms. The van der Waals surface area contributed by atoms with Gasteiger partial charge in [0.2, 0.25) is 0 Å².